The fourth-order valence-electron chi connectivity index (χ4n) is 6.84. The first-order valence-electron chi connectivity index (χ1n) is 18.3. The first-order valence-corrected chi connectivity index (χ1v) is 18.3. The number of nitrogens with one attached hydrogen (secondary N) is 2. The van der Waals surface area contributed by atoms with Crippen LogP contribution in [0, 0.1) is 0 Å². The van der Waals surface area contributed by atoms with Crippen molar-refractivity contribution in [1.82, 2.24) is 19.9 Å². The van der Waals surface area contributed by atoms with Gasteiger partial charge in [0.2, 0.25) is 0 Å². The predicted octanol–water partition coefficient (Wildman–Crippen LogP) is 10.9. The molecule has 1 unspecified atom stereocenters. The van der Waals surface area contributed by atoms with Gasteiger partial charge in [-0.05, 0) is 104 Å². The summed E-state index contributed by atoms with van der Waals surface area (Å²) in [7, 11) is 0. The molecule has 5 aromatic rings. The van der Waals surface area contributed by atoms with E-state index < -0.39 is 0 Å². The fourth-order valence-corrected chi connectivity index (χ4v) is 6.84. The molecular formula is C44H46N4O3. The fraction of sp³-hybridized carbons (Fsp3) is 0.273. The molecule has 51 heavy (non-hydrogen) atoms. The lowest BCUT2D eigenvalue weighted by atomic mass is 9.97. The Kier molecular flexibility index (Phi) is 10.7. The lowest BCUT2D eigenvalue weighted by Crippen LogP contribution is -2.16. The Balaban J connectivity index is 1.47. The van der Waals surface area contributed by atoms with E-state index in [2.05, 4.69) is 109 Å². The summed E-state index contributed by atoms with van der Waals surface area (Å²) in [6.07, 6.45) is 16.3. The van der Waals surface area contributed by atoms with Crippen molar-refractivity contribution in [3.05, 3.63) is 108 Å². The summed E-state index contributed by atoms with van der Waals surface area (Å²) in [6, 6.07) is 28.9. The van der Waals surface area contributed by atoms with Gasteiger partial charge in [0.05, 0.1) is 41.0 Å². The summed E-state index contributed by atoms with van der Waals surface area (Å²) in [4.78, 5) is 17.4. The number of aromatic nitrogens is 4. The molecule has 3 aromatic heterocycles. The van der Waals surface area contributed by atoms with Crippen LogP contribution in [0.4, 0.5) is 0 Å². The molecule has 7 rings (SSSR count). The van der Waals surface area contributed by atoms with E-state index in [1.165, 1.54) is 19.3 Å². The summed E-state index contributed by atoms with van der Waals surface area (Å²) in [5, 5.41) is 9.29. The van der Waals surface area contributed by atoms with Gasteiger partial charge < -0.3 is 24.5 Å². The number of aliphatic hydroxyl groups excluding tert-OH is 1. The van der Waals surface area contributed by atoms with E-state index in [0.29, 0.717) is 5.75 Å². The van der Waals surface area contributed by atoms with Gasteiger partial charge in [-0.25, -0.2) is 9.97 Å². The molecule has 1 atom stereocenters. The van der Waals surface area contributed by atoms with Gasteiger partial charge in [-0.15, -0.1) is 0 Å². The first kappa shape index (κ1) is 34.1. The molecule has 2 aliphatic rings. The van der Waals surface area contributed by atoms with Crippen LogP contribution in [-0.4, -0.2) is 44.4 Å². The van der Waals surface area contributed by atoms with Crippen LogP contribution >= 0.6 is 0 Å². The van der Waals surface area contributed by atoms with Gasteiger partial charge in [-0.3, -0.25) is 0 Å². The Morgan fingerprint density at radius 3 is 2.14 bits per heavy atom. The number of benzene rings is 2. The Morgan fingerprint density at radius 1 is 0.667 bits per heavy atom. The number of unbranched alkanes of at least 4 members (excludes halogenated alkanes) is 3. The molecule has 0 saturated carbocycles. The zero-order valence-electron chi connectivity index (χ0n) is 29.5. The number of ether oxygens (including phenoxy) is 2. The molecule has 3 N–H and O–H groups in total. The summed E-state index contributed by atoms with van der Waals surface area (Å²) >= 11 is 0. The number of hydrogen-bond donors (Lipinski definition) is 3. The molecule has 2 aliphatic heterocycles. The van der Waals surface area contributed by atoms with Gasteiger partial charge >= 0.3 is 0 Å². The van der Waals surface area contributed by atoms with Crippen LogP contribution in [0.3, 0.4) is 0 Å². The smallest absolute Gasteiger partial charge is 0.127 e. The molecule has 0 spiro atoms. The van der Waals surface area contributed by atoms with E-state index >= 15 is 0 Å². The molecule has 0 amide bonds. The van der Waals surface area contributed by atoms with E-state index in [4.69, 9.17) is 19.4 Å². The lowest BCUT2D eigenvalue weighted by molar-refractivity contribution is 0.176. The van der Waals surface area contributed by atoms with Crippen LogP contribution in [0.1, 0.15) is 81.6 Å². The van der Waals surface area contributed by atoms with Crippen LogP contribution in [0.15, 0.2) is 84.9 Å². The average molecular weight is 679 g/mol. The molecule has 2 aromatic carbocycles. The molecule has 0 aliphatic carbocycles. The Hall–Kier alpha value is -5.40. The number of rotatable bonds is 14. The molecule has 5 heterocycles. The number of nitrogens with zero attached hydrogens (tertiary/aromatic N) is 2. The summed E-state index contributed by atoms with van der Waals surface area (Å²) < 4.78 is 12.7. The van der Waals surface area contributed by atoms with Crippen molar-refractivity contribution in [2.24, 2.45) is 0 Å². The van der Waals surface area contributed by atoms with Gasteiger partial charge in [-0.2, -0.15) is 0 Å². The van der Waals surface area contributed by atoms with Crippen molar-refractivity contribution >= 4 is 46.4 Å². The monoisotopic (exact) mass is 678 g/mol. The van der Waals surface area contributed by atoms with E-state index in [-0.39, 0.29) is 19.3 Å². The Labute approximate surface area is 299 Å². The van der Waals surface area contributed by atoms with Gasteiger partial charge in [0.25, 0.3) is 0 Å². The third-order valence-electron chi connectivity index (χ3n) is 9.30. The maximum atomic E-state index is 9.29. The number of aliphatic hydroxyl groups is 1. The van der Waals surface area contributed by atoms with E-state index in [1.54, 1.807) is 0 Å². The second-order valence-corrected chi connectivity index (χ2v) is 13.2. The van der Waals surface area contributed by atoms with Crippen molar-refractivity contribution in [3.8, 4) is 33.8 Å². The van der Waals surface area contributed by atoms with Crippen LogP contribution in [-0.2, 0) is 0 Å². The van der Waals surface area contributed by atoms with Crippen LogP contribution in [0.5, 0.6) is 11.5 Å². The first-order chi connectivity index (χ1) is 25.1. The van der Waals surface area contributed by atoms with Crippen LogP contribution < -0.4 is 9.47 Å². The maximum absolute atomic E-state index is 9.29. The number of hydrogen-bond acceptors (Lipinski definition) is 5. The standard InChI is InChI=1S/C44H46N4O3/c1-3-5-6-7-11-38(10-4-2)51-42-13-9-8-12-39(42)43-41-23-20-35(47-41)27-33-17-16-31(45-33)26-32-18-19-34(46-32)28-36-29-40(44(43)48-36)30-14-21-37(22-15-30)50-25-24-49/h8-9,12-23,26-29,38,45,48-49H,3-7,10-11,24-25H2,1-2H3. The highest BCUT2D eigenvalue weighted by molar-refractivity contribution is 6.00. The summed E-state index contributed by atoms with van der Waals surface area (Å²) in [5.74, 6) is 1.57. The third kappa shape index (κ3) is 8.16. The van der Waals surface area contributed by atoms with Crippen molar-refractivity contribution in [3.63, 3.8) is 0 Å². The topological polar surface area (TPSA) is 96.1 Å². The number of aromatic amines is 2. The second-order valence-electron chi connectivity index (χ2n) is 13.2. The van der Waals surface area contributed by atoms with Crippen molar-refractivity contribution < 1.29 is 14.6 Å². The van der Waals surface area contributed by atoms with Gasteiger partial charge in [0, 0.05) is 33.2 Å². The highest BCUT2D eigenvalue weighted by Crippen LogP contribution is 2.41. The number of H-pyrrole nitrogens is 2. The third-order valence-corrected chi connectivity index (χ3v) is 9.30. The molecular weight excluding hydrogens is 633 g/mol. The highest BCUT2D eigenvalue weighted by Gasteiger charge is 2.20. The zero-order chi connectivity index (χ0) is 35.0. The molecule has 7 heteroatoms. The van der Waals surface area contributed by atoms with Crippen LogP contribution in [0.2, 0.25) is 0 Å². The minimum atomic E-state index is -0.0349. The summed E-state index contributed by atoms with van der Waals surface area (Å²) in [5.41, 5.74) is 11.3. The van der Waals surface area contributed by atoms with Gasteiger partial charge in [-0.1, -0.05) is 69.9 Å². The largest absolute Gasteiger partial charge is 0.491 e. The van der Waals surface area contributed by atoms with Crippen molar-refractivity contribution in [2.75, 3.05) is 13.2 Å². The van der Waals surface area contributed by atoms with Gasteiger partial charge in [0.1, 0.15) is 18.1 Å². The van der Waals surface area contributed by atoms with E-state index in [1.807, 2.05) is 24.3 Å². The number of para-hydroxylation sites is 1. The second kappa shape index (κ2) is 16.1. The average Bonchev–Trinajstić information content (AvgIpc) is 3.97. The van der Waals surface area contributed by atoms with Gasteiger partial charge in [0.15, 0.2) is 0 Å². The van der Waals surface area contributed by atoms with E-state index in [9.17, 15) is 5.11 Å². The number of fused-ring (bicyclic) bond motifs is 8. The van der Waals surface area contributed by atoms with Crippen molar-refractivity contribution in [2.45, 2.75) is 64.9 Å². The quantitative estimate of drug-likeness (QED) is 0.0995. The Bertz CT molecular complexity index is 2190. The van der Waals surface area contributed by atoms with E-state index in [0.717, 1.165) is 98.5 Å². The maximum Gasteiger partial charge on any atom is 0.127 e. The molecule has 8 bridgehead atoms. The Morgan fingerprint density at radius 2 is 1.39 bits per heavy atom. The van der Waals surface area contributed by atoms with Crippen molar-refractivity contribution in [1.29, 1.82) is 0 Å². The van der Waals surface area contributed by atoms with Crippen LogP contribution in [0.25, 0.3) is 68.6 Å². The molecule has 0 fully saturated rings. The normalized spacial score (nSPS) is 12.7. The molecule has 7 nitrogen and oxygen atoms in total. The molecule has 0 saturated heterocycles. The minimum Gasteiger partial charge on any atom is -0.491 e. The minimum absolute atomic E-state index is 0.0349. The zero-order valence-corrected chi connectivity index (χ0v) is 29.5. The highest BCUT2D eigenvalue weighted by atomic mass is 16.5. The SMILES string of the molecule is CCCCCCC(CCC)Oc1ccccc1-c1c2nc(cc3ccc(cc4nc(cc5cc(-c6ccc(OCCO)cc6)c1[nH]5)C=C4)[nH]3)C=C2. The summed E-state index contributed by atoms with van der Waals surface area (Å²) in [6.45, 7) is 4.70. The molecule has 260 valence electrons. The predicted molar refractivity (Wildman–Crippen MR) is 210 cm³/mol. The molecule has 0 radical (unpaired) electrons. The lowest BCUT2D eigenvalue weighted by Gasteiger charge is -2.21.